The van der Waals surface area contributed by atoms with Gasteiger partial charge in [0, 0.05) is 6.92 Å². The Balaban J connectivity index is 2.70. The van der Waals surface area contributed by atoms with Crippen LogP contribution in [0.1, 0.15) is 26.3 Å². The molecule has 1 unspecified atom stereocenters. The van der Waals surface area contributed by atoms with Gasteiger partial charge < -0.3 is 9.47 Å². The van der Waals surface area contributed by atoms with E-state index in [2.05, 4.69) is 0 Å². The van der Waals surface area contributed by atoms with Crippen LogP contribution in [0.5, 0.6) is 0 Å². The number of esters is 1. The first-order valence-corrected chi connectivity index (χ1v) is 9.20. The summed E-state index contributed by atoms with van der Waals surface area (Å²) in [6.45, 7) is 6.78. The zero-order valence-electron chi connectivity index (χ0n) is 14.7. The highest BCUT2D eigenvalue weighted by molar-refractivity contribution is 7.90. The lowest BCUT2D eigenvalue weighted by Gasteiger charge is -2.18. The maximum absolute atomic E-state index is 12.2. The zero-order chi connectivity index (χ0) is 19.0. The summed E-state index contributed by atoms with van der Waals surface area (Å²) in [6.07, 6.45) is 1.35. The van der Waals surface area contributed by atoms with E-state index < -0.39 is 28.2 Å². The molecule has 1 atom stereocenters. The Bertz CT molecular complexity index is 722. The summed E-state index contributed by atoms with van der Waals surface area (Å²) in [6, 6.07) is 6.08. The van der Waals surface area contributed by atoms with Crippen LogP contribution in [0.4, 0.5) is 4.79 Å². The van der Waals surface area contributed by atoms with Gasteiger partial charge in [0.1, 0.15) is 12.7 Å². The van der Waals surface area contributed by atoms with Crippen molar-refractivity contribution in [2.75, 3.05) is 6.61 Å². The number of amides is 1. The van der Waals surface area contributed by atoms with E-state index in [4.69, 9.17) is 9.47 Å². The number of carbonyl (C=O) groups is 2. The first kappa shape index (κ1) is 20.7. The van der Waals surface area contributed by atoms with Gasteiger partial charge in [-0.2, -0.15) is 0 Å². The lowest BCUT2D eigenvalue weighted by atomic mass is 10.1. The van der Waals surface area contributed by atoms with Gasteiger partial charge >= 0.3 is 12.1 Å². The molecule has 0 bridgehead atoms. The molecule has 0 saturated heterocycles. The molecule has 0 aliphatic carbocycles. The molecule has 0 fully saturated rings. The van der Waals surface area contributed by atoms with Gasteiger partial charge in [0.15, 0.2) is 0 Å². The van der Waals surface area contributed by atoms with Crippen LogP contribution in [0.2, 0.25) is 0 Å². The average molecular weight is 369 g/mol. The fraction of sp³-hybridized carbons (Fsp3) is 0.412. The summed E-state index contributed by atoms with van der Waals surface area (Å²) >= 11 is 0. The fourth-order valence-electron chi connectivity index (χ4n) is 1.79. The molecule has 0 heterocycles. The normalized spacial score (nSPS) is 12.8. The van der Waals surface area contributed by atoms with E-state index in [-0.39, 0.29) is 17.4 Å². The Labute approximate surface area is 148 Å². The van der Waals surface area contributed by atoms with Gasteiger partial charge in [-0.05, 0) is 37.1 Å². The smallest absolute Gasteiger partial charge is 0.421 e. The Hall–Kier alpha value is -2.35. The molecular weight excluding hydrogens is 346 g/mol. The lowest BCUT2D eigenvalue weighted by Crippen LogP contribution is -2.35. The number of nitrogens with one attached hydrogen (secondary N) is 1. The summed E-state index contributed by atoms with van der Waals surface area (Å²) in [7, 11) is -4.00. The van der Waals surface area contributed by atoms with Crippen molar-refractivity contribution < 1.29 is 27.5 Å². The third kappa shape index (κ3) is 7.38. The summed E-state index contributed by atoms with van der Waals surface area (Å²) in [4.78, 5) is 22.6. The van der Waals surface area contributed by atoms with Gasteiger partial charge in [0.2, 0.25) is 0 Å². The molecular formula is C17H23NO6S. The maximum Gasteiger partial charge on any atom is 0.421 e. The largest absolute Gasteiger partial charge is 0.462 e. The molecule has 1 rings (SSSR count). The average Bonchev–Trinajstić information content (AvgIpc) is 2.49. The predicted molar refractivity (Wildman–Crippen MR) is 92.4 cm³/mol. The van der Waals surface area contributed by atoms with E-state index >= 15 is 0 Å². The van der Waals surface area contributed by atoms with Crippen LogP contribution in [0.3, 0.4) is 0 Å². The topological polar surface area (TPSA) is 98.8 Å². The number of hydrogen-bond acceptors (Lipinski definition) is 6. The molecule has 0 aliphatic heterocycles. The van der Waals surface area contributed by atoms with E-state index in [1.807, 2.05) is 25.5 Å². The summed E-state index contributed by atoms with van der Waals surface area (Å²) in [5.74, 6) is -0.519. The zero-order valence-corrected chi connectivity index (χ0v) is 15.5. The predicted octanol–water partition coefficient (Wildman–Crippen LogP) is 2.55. The van der Waals surface area contributed by atoms with Crippen molar-refractivity contribution >= 4 is 22.1 Å². The first-order chi connectivity index (χ1) is 11.6. The molecule has 138 valence electrons. The van der Waals surface area contributed by atoms with Gasteiger partial charge in [-0.1, -0.05) is 31.5 Å². The van der Waals surface area contributed by atoms with Crippen molar-refractivity contribution in [3.05, 3.63) is 42.0 Å². The van der Waals surface area contributed by atoms with Crippen molar-refractivity contribution in [3.63, 3.8) is 0 Å². The maximum atomic E-state index is 12.2. The summed E-state index contributed by atoms with van der Waals surface area (Å²) in [5, 5.41) is 0. The van der Waals surface area contributed by atoms with Gasteiger partial charge in [0.25, 0.3) is 10.0 Å². The molecule has 0 saturated carbocycles. The van der Waals surface area contributed by atoms with E-state index in [0.717, 1.165) is 5.56 Å². The van der Waals surface area contributed by atoms with Crippen molar-refractivity contribution in [1.29, 1.82) is 0 Å². The molecule has 1 amide bonds. The minimum absolute atomic E-state index is 0.0263. The molecule has 1 aromatic rings. The molecule has 0 aromatic heterocycles. The summed E-state index contributed by atoms with van der Waals surface area (Å²) in [5.41, 5.74) is 0.902. The Kier molecular flexibility index (Phi) is 7.63. The number of sulfonamides is 1. The SMILES string of the molecule is CC(=O)OC/C=C\C(OC(=O)NS(=O)(=O)c1ccc(C)cc1)C(C)C. The van der Waals surface area contributed by atoms with Crippen molar-refractivity contribution in [2.45, 2.75) is 38.7 Å². The second kappa shape index (κ2) is 9.22. The second-order valence-electron chi connectivity index (χ2n) is 5.76. The van der Waals surface area contributed by atoms with Crippen molar-refractivity contribution in [3.8, 4) is 0 Å². The van der Waals surface area contributed by atoms with Crippen LogP contribution >= 0.6 is 0 Å². The highest BCUT2D eigenvalue weighted by Crippen LogP contribution is 2.12. The van der Waals surface area contributed by atoms with Crippen LogP contribution in [0, 0.1) is 12.8 Å². The number of rotatable bonds is 7. The molecule has 0 spiro atoms. The van der Waals surface area contributed by atoms with Gasteiger partial charge in [-0.15, -0.1) is 0 Å². The Morgan fingerprint density at radius 2 is 1.80 bits per heavy atom. The third-order valence-corrected chi connectivity index (χ3v) is 4.49. The van der Waals surface area contributed by atoms with Crippen LogP contribution in [-0.4, -0.2) is 33.2 Å². The van der Waals surface area contributed by atoms with Crippen LogP contribution < -0.4 is 4.72 Å². The number of hydrogen-bond donors (Lipinski definition) is 1. The van der Waals surface area contributed by atoms with Gasteiger partial charge in [-0.3, -0.25) is 4.79 Å². The minimum Gasteiger partial charge on any atom is -0.462 e. The van der Waals surface area contributed by atoms with Crippen molar-refractivity contribution in [2.24, 2.45) is 5.92 Å². The number of carbonyl (C=O) groups excluding carboxylic acids is 2. The van der Waals surface area contributed by atoms with E-state index in [1.165, 1.54) is 25.1 Å². The van der Waals surface area contributed by atoms with Crippen molar-refractivity contribution in [1.82, 2.24) is 4.72 Å². The molecule has 1 N–H and O–H groups in total. The van der Waals surface area contributed by atoms with Crippen LogP contribution in [-0.2, 0) is 24.3 Å². The molecule has 8 heteroatoms. The Morgan fingerprint density at radius 1 is 1.20 bits per heavy atom. The third-order valence-electron chi connectivity index (χ3n) is 3.16. The molecule has 0 aliphatic rings. The van der Waals surface area contributed by atoms with Crippen LogP contribution in [0.15, 0.2) is 41.3 Å². The second-order valence-corrected chi connectivity index (χ2v) is 7.45. The quantitative estimate of drug-likeness (QED) is 0.586. The molecule has 7 nitrogen and oxygen atoms in total. The summed E-state index contributed by atoms with van der Waals surface area (Å²) < 4.78 is 36.1. The number of ether oxygens (including phenoxy) is 2. The fourth-order valence-corrected chi connectivity index (χ4v) is 2.67. The van der Waals surface area contributed by atoms with Gasteiger partial charge in [0.05, 0.1) is 4.90 Å². The molecule has 1 aromatic carbocycles. The standard InChI is InChI=1S/C17H23NO6S/c1-12(2)16(6-5-11-23-14(4)19)24-17(20)18-25(21,22)15-9-7-13(3)8-10-15/h5-10,12,16H,11H2,1-4H3,(H,18,20)/b6-5-. The first-order valence-electron chi connectivity index (χ1n) is 7.72. The highest BCUT2D eigenvalue weighted by Gasteiger charge is 2.21. The number of benzene rings is 1. The van der Waals surface area contributed by atoms with Crippen LogP contribution in [0.25, 0.3) is 0 Å². The lowest BCUT2D eigenvalue weighted by molar-refractivity contribution is -0.139. The highest BCUT2D eigenvalue weighted by atomic mass is 32.2. The Morgan fingerprint density at radius 3 is 2.32 bits per heavy atom. The van der Waals surface area contributed by atoms with Gasteiger partial charge in [-0.25, -0.2) is 17.9 Å². The van der Waals surface area contributed by atoms with E-state index in [0.29, 0.717) is 0 Å². The molecule has 25 heavy (non-hydrogen) atoms. The minimum atomic E-state index is -4.00. The van der Waals surface area contributed by atoms with E-state index in [9.17, 15) is 18.0 Å². The monoisotopic (exact) mass is 369 g/mol. The molecule has 0 radical (unpaired) electrons. The number of aryl methyl sites for hydroxylation is 1. The van der Waals surface area contributed by atoms with E-state index in [1.54, 1.807) is 18.2 Å².